The zero-order valence-corrected chi connectivity index (χ0v) is 14.3. The summed E-state index contributed by atoms with van der Waals surface area (Å²) in [5.74, 6) is -0.261. The van der Waals surface area contributed by atoms with E-state index in [2.05, 4.69) is 22.8 Å². The van der Waals surface area contributed by atoms with Crippen LogP contribution >= 0.6 is 0 Å². The van der Waals surface area contributed by atoms with Crippen molar-refractivity contribution in [3.05, 3.63) is 29.8 Å². The van der Waals surface area contributed by atoms with Crippen molar-refractivity contribution >= 4 is 23.2 Å². The molecule has 5 nitrogen and oxygen atoms in total. The molecular formula is C18H27N3O2. The lowest BCUT2D eigenvalue weighted by molar-refractivity contribution is -0.116. The van der Waals surface area contributed by atoms with Gasteiger partial charge in [0.05, 0.1) is 0 Å². The van der Waals surface area contributed by atoms with Crippen molar-refractivity contribution in [2.75, 3.05) is 5.32 Å². The van der Waals surface area contributed by atoms with Gasteiger partial charge in [0, 0.05) is 23.4 Å². The van der Waals surface area contributed by atoms with Gasteiger partial charge in [0.15, 0.2) is 0 Å². The molecule has 0 saturated carbocycles. The van der Waals surface area contributed by atoms with E-state index >= 15 is 0 Å². The first-order chi connectivity index (χ1) is 11.1. The summed E-state index contributed by atoms with van der Waals surface area (Å²) in [5.41, 5.74) is 4.70. The van der Waals surface area contributed by atoms with Gasteiger partial charge in [0.1, 0.15) is 0 Å². The second kappa shape index (κ2) is 10.5. The standard InChI is InChI=1S/C18H27N3O2/c1-4-6-7-9-14(3)20-21-18(23)15-10-12-16(13-11-15)19-17(22)8-5-2/h10-13H,4-9H2,1-3H3,(H,19,22)(H,21,23)/b20-14+. The molecule has 0 spiro atoms. The monoisotopic (exact) mass is 317 g/mol. The number of nitrogens with zero attached hydrogens (tertiary/aromatic N) is 1. The molecule has 1 aromatic carbocycles. The maximum atomic E-state index is 12.0. The smallest absolute Gasteiger partial charge is 0.271 e. The Morgan fingerprint density at radius 1 is 1.00 bits per heavy atom. The number of carbonyl (C=O) groups excluding carboxylic acids is 2. The molecule has 126 valence electrons. The topological polar surface area (TPSA) is 70.6 Å². The number of rotatable bonds is 9. The number of hydrazone groups is 1. The second-order valence-corrected chi connectivity index (χ2v) is 5.62. The maximum Gasteiger partial charge on any atom is 0.271 e. The number of benzene rings is 1. The highest BCUT2D eigenvalue weighted by atomic mass is 16.2. The molecule has 0 fully saturated rings. The fraction of sp³-hybridized carbons (Fsp3) is 0.500. The molecule has 0 heterocycles. The van der Waals surface area contributed by atoms with Crippen LogP contribution in [0.3, 0.4) is 0 Å². The van der Waals surface area contributed by atoms with Crippen molar-refractivity contribution in [1.29, 1.82) is 0 Å². The summed E-state index contributed by atoms with van der Waals surface area (Å²) in [5, 5.41) is 6.90. The Morgan fingerprint density at radius 3 is 2.30 bits per heavy atom. The molecular weight excluding hydrogens is 290 g/mol. The Hall–Kier alpha value is -2.17. The van der Waals surface area contributed by atoms with Gasteiger partial charge in [-0.1, -0.05) is 26.7 Å². The minimum atomic E-state index is -0.244. The third-order valence-electron chi connectivity index (χ3n) is 3.40. The summed E-state index contributed by atoms with van der Waals surface area (Å²) in [6.07, 6.45) is 5.63. The molecule has 0 aliphatic carbocycles. The summed E-state index contributed by atoms with van der Waals surface area (Å²) in [6.45, 7) is 6.03. The number of anilines is 1. The normalized spacial score (nSPS) is 11.2. The van der Waals surface area contributed by atoms with Crippen LogP contribution in [0, 0.1) is 0 Å². The molecule has 0 aromatic heterocycles. The molecule has 0 aliphatic rings. The average Bonchev–Trinajstić information content (AvgIpc) is 2.54. The van der Waals surface area contributed by atoms with Gasteiger partial charge in [-0.05, 0) is 50.5 Å². The van der Waals surface area contributed by atoms with E-state index in [0.717, 1.165) is 25.0 Å². The van der Waals surface area contributed by atoms with Crippen molar-refractivity contribution < 1.29 is 9.59 Å². The molecule has 0 radical (unpaired) electrons. The van der Waals surface area contributed by atoms with Crippen LogP contribution in [-0.4, -0.2) is 17.5 Å². The Kier molecular flexibility index (Phi) is 8.65. The Morgan fingerprint density at radius 2 is 1.70 bits per heavy atom. The molecule has 1 rings (SSSR count). The zero-order chi connectivity index (χ0) is 17.1. The van der Waals surface area contributed by atoms with Gasteiger partial charge in [-0.2, -0.15) is 5.10 Å². The lowest BCUT2D eigenvalue weighted by Crippen LogP contribution is -2.19. The third kappa shape index (κ3) is 7.58. The van der Waals surface area contributed by atoms with Crippen molar-refractivity contribution in [3.63, 3.8) is 0 Å². The summed E-state index contributed by atoms with van der Waals surface area (Å²) in [4.78, 5) is 23.5. The molecule has 0 unspecified atom stereocenters. The first kappa shape index (κ1) is 18.9. The molecule has 2 amide bonds. The summed E-state index contributed by atoms with van der Waals surface area (Å²) in [6, 6.07) is 6.80. The van der Waals surface area contributed by atoms with Crippen LogP contribution in [-0.2, 0) is 4.79 Å². The van der Waals surface area contributed by atoms with Crippen LogP contribution in [0.1, 0.15) is 69.7 Å². The Labute approximate surface area is 138 Å². The van der Waals surface area contributed by atoms with Crippen molar-refractivity contribution in [1.82, 2.24) is 5.43 Å². The zero-order valence-electron chi connectivity index (χ0n) is 14.3. The minimum absolute atomic E-state index is 0.0167. The molecule has 23 heavy (non-hydrogen) atoms. The number of unbranched alkanes of at least 4 members (excludes halogenated alkanes) is 2. The van der Waals surface area contributed by atoms with Gasteiger partial charge >= 0.3 is 0 Å². The van der Waals surface area contributed by atoms with Crippen molar-refractivity contribution in [3.8, 4) is 0 Å². The number of hydrogen-bond acceptors (Lipinski definition) is 3. The summed E-state index contributed by atoms with van der Waals surface area (Å²) >= 11 is 0. The molecule has 0 saturated heterocycles. The average molecular weight is 317 g/mol. The van der Waals surface area contributed by atoms with Crippen molar-refractivity contribution in [2.45, 2.75) is 59.3 Å². The van der Waals surface area contributed by atoms with Gasteiger partial charge in [-0.3, -0.25) is 9.59 Å². The third-order valence-corrected chi connectivity index (χ3v) is 3.40. The SMILES string of the molecule is CCCCC/C(C)=N/NC(=O)c1ccc(NC(=O)CCC)cc1. The highest BCUT2D eigenvalue weighted by molar-refractivity contribution is 5.96. The first-order valence-corrected chi connectivity index (χ1v) is 8.30. The maximum absolute atomic E-state index is 12.0. The van der Waals surface area contributed by atoms with E-state index < -0.39 is 0 Å². The summed E-state index contributed by atoms with van der Waals surface area (Å²) in [7, 11) is 0. The number of carbonyl (C=O) groups is 2. The van der Waals surface area contributed by atoms with Gasteiger partial charge < -0.3 is 5.32 Å². The van der Waals surface area contributed by atoms with E-state index in [0.29, 0.717) is 17.7 Å². The second-order valence-electron chi connectivity index (χ2n) is 5.62. The lowest BCUT2D eigenvalue weighted by Gasteiger charge is -2.06. The van der Waals surface area contributed by atoms with Crippen LogP contribution in [0.4, 0.5) is 5.69 Å². The number of hydrogen-bond donors (Lipinski definition) is 2. The quantitative estimate of drug-likeness (QED) is 0.409. The highest BCUT2D eigenvalue weighted by Gasteiger charge is 2.06. The van der Waals surface area contributed by atoms with Crippen LogP contribution in [0.2, 0.25) is 0 Å². The van der Waals surface area contributed by atoms with E-state index in [1.165, 1.54) is 12.8 Å². The molecule has 1 aromatic rings. The van der Waals surface area contributed by atoms with E-state index in [1.54, 1.807) is 24.3 Å². The van der Waals surface area contributed by atoms with Gasteiger partial charge in [-0.25, -0.2) is 5.43 Å². The largest absolute Gasteiger partial charge is 0.326 e. The predicted molar refractivity (Wildman–Crippen MR) is 94.7 cm³/mol. The van der Waals surface area contributed by atoms with E-state index in [-0.39, 0.29) is 11.8 Å². The number of amides is 2. The van der Waals surface area contributed by atoms with Gasteiger partial charge in [-0.15, -0.1) is 0 Å². The van der Waals surface area contributed by atoms with Crippen LogP contribution < -0.4 is 10.7 Å². The van der Waals surface area contributed by atoms with Crippen LogP contribution in [0.5, 0.6) is 0 Å². The lowest BCUT2D eigenvalue weighted by atomic mass is 10.1. The van der Waals surface area contributed by atoms with Crippen molar-refractivity contribution in [2.24, 2.45) is 5.10 Å². The molecule has 2 N–H and O–H groups in total. The fourth-order valence-electron chi connectivity index (χ4n) is 2.05. The van der Waals surface area contributed by atoms with E-state index in [1.807, 2.05) is 13.8 Å². The van der Waals surface area contributed by atoms with Gasteiger partial charge in [0.2, 0.25) is 5.91 Å². The molecule has 0 bridgehead atoms. The van der Waals surface area contributed by atoms with Crippen LogP contribution in [0.25, 0.3) is 0 Å². The number of nitrogens with one attached hydrogen (secondary N) is 2. The predicted octanol–water partition coefficient (Wildman–Crippen LogP) is 4.11. The fourth-order valence-corrected chi connectivity index (χ4v) is 2.05. The molecule has 0 atom stereocenters. The highest BCUT2D eigenvalue weighted by Crippen LogP contribution is 2.10. The van der Waals surface area contributed by atoms with E-state index in [9.17, 15) is 9.59 Å². The first-order valence-electron chi connectivity index (χ1n) is 8.30. The molecule has 5 heteroatoms. The Bertz CT molecular complexity index is 536. The molecule has 0 aliphatic heterocycles. The Balaban J connectivity index is 2.50. The van der Waals surface area contributed by atoms with Crippen LogP contribution in [0.15, 0.2) is 29.4 Å². The summed E-state index contributed by atoms with van der Waals surface area (Å²) < 4.78 is 0. The minimum Gasteiger partial charge on any atom is -0.326 e. The van der Waals surface area contributed by atoms with E-state index in [4.69, 9.17) is 0 Å². The van der Waals surface area contributed by atoms with Gasteiger partial charge in [0.25, 0.3) is 5.91 Å².